The maximum atomic E-state index is 14.0. The van der Waals surface area contributed by atoms with Crippen LogP contribution in [0.5, 0.6) is 11.5 Å². The minimum atomic E-state index is -1.90. The Labute approximate surface area is 238 Å². The summed E-state index contributed by atoms with van der Waals surface area (Å²) in [6.07, 6.45) is 7.55. The van der Waals surface area contributed by atoms with Crippen LogP contribution in [0, 0.1) is 16.0 Å². The number of nitrogens with zero attached hydrogens (tertiary/aromatic N) is 1. The largest absolute Gasteiger partial charge is 0.423 e. The summed E-state index contributed by atoms with van der Waals surface area (Å²) in [6.45, 7) is 5.06. The molecule has 1 heterocycles. The highest BCUT2D eigenvalue weighted by Crippen LogP contribution is 2.33. The predicted octanol–water partition coefficient (Wildman–Crippen LogP) is 6.63. The number of ether oxygens (including phenoxy) is 4. The minimum Gasteiger partial charge on any atom is -0.423 e. The van der Waals surface area contributed by atoms with Crippen molar-refractivity contribution in [1.29, 1.82) is 0 Å². The van der Waals surface area contributed by atoms with Crippen LogP contribution in [0.4, 0.5) is 15.8 Å². The molecule has 0 saturated carbocycles. The fourth-order valence-corrected chi connectivity index (χ4v) is 4.14. The van der Waals surface area contributed by atoms with Crippen molar-refractivity contribution >= 4 is 23.3 Å². The van der Waals surface area contributed by atoms with Gasteiger partial charge in [-0.25, -0.2) is 14.0 Å². The number of esters is 2. The molecule has 0 spiro atoms. The Bertz CT molecular complexity index is 1210. The van der Waals surface area contributed by atoms with Gasteiger partial charge in [0.1, 0.15) is 11.3 Å². The lowest BCUT2D eigenvalue weighted by Gasteiger charge is -2.28. The second-order valence-electron chi connectivity index (χ2n) is 9.84. The van der Waals surface area contributed by atoms with Crippen molar-refractivity contribution in [2.75, 3.05) is 18.9 Å². The molecule has 1 fully saturated rings. The van der Waals surface area contributed by atoms with Crippen LogP contribution >= 0.6 is 0 Å². The molecular weight excluding hydrogens is 535 g/mol. The molecule has 1 aliphatic rings. The number of nitrogens with two attached hydrogens (primary N) is 1. The van der Waals surface area contributed by atoms with E-state index in [4.69, 9.17) is 24.7 Å². The number of nitro groups is 1. The highest BCUT2D eigenvalue weighted by molar-refractivity contribution is 5.97. The predicted molar refractivity (Wildman–Crippen MR) is 150 cm³/mol. The van der Waals surface area contributed by atoms with Crippen molar-refractivity contribution in [1.82, 2.24) is 0 Å². The molecular formula is C30H37FN2O8. The molecule has 222 valence electrons. The topological polar surface area (TPSA) is 140 Å². The zero-order valence-electron chi connectivity index (χ0n) is 23.4. The van der Waals surface area contributed by atoms with Gasteiger partial charge in [0, 0.05) is 11.5 Å². The van der Waals surface area contributed by atoms with E-state index in [2.05, 4.69) is 19.1 Å². The van der Waals surface area contributed by atoms with E-state index >= 15 is 0 Å². The lowest BCUT2D eigenvalue weighted by atomic mass is 10.1. The number of carbonyl (C=O) groups excluding carboxylic acids is 2. The zero-order valence-corrected chi connectivity index (χ0v) is 23.4. The van der Waals surface area contributed by atoms with Gasteiger partial charge in [0.05, 0.1) is 29.9 Å². The molecule has 0 bridgehead atoms. The highest BCUT2D eigenvalue weighted by atomic mass is 19.1. The number of halogens is 1. The Balaban J connectivity index is 1.61. The molecule has 0 radical (unpaired) electrons. The molecule has 2 aromatic carbocycles. The number of nitrogen functional groups attached to an aromatic ring is 1. The smallest absolute Gasteiger partial charge is 0.350 e. The molecule has 2 N–H and O–H groups in total. The standard InChI is InChI=1S/C30H37FN2O8/c1-3-5-7-8-9-10-20-18-38-30(39-19-20)21-12-14-22(15-13-21)40-28(34)23-16-25(32)27(17-26(23)33(36)37)41-29(35)24(31)11-6-4-2/h9-10,12-17,20,24,30H,3-8,11,18-19,32H2,1-2H3/t20-,24-,30-/m1/s1. The fourth-order valence-electron chi connectivity index (χ4n) is 4.14. The minimum absolute atomic E-state index is 0.0451. The van der Waals surface area contributed by atoms with Crippen LogP contribution in [0.2, 0.25) is 0 Å². The third kappa shape index (κ3) is 9.36. The van der Waals surface area contributed by atoms with Gasteiger partial charge in [-0.05, 0) is 37.5 Å². The van der Waals surface area contributed by atoms with Gasteiger partial charge in [0.2, 0.25) is 0 Å². The van der Waals surface area contributed by atoms with E-state index in [0.29, 0.717) is 26.1 Å². The second kappa shape index (κ2) is 15.8. The third-order valence-electron chi connectivity index (χ3n) is 6.49. The van der Waals surface area contributed by atoms with Gasteiger partial charge in [-0.2, -0.15) is 0 Å². The molecule has 0 aliphatic carbocycles. The first kappa shape index (κ1) is 31.7. The number of benzene rings is 2. The van der Waals surface area contributed by atoms with Crippen LogP contribution < -0.4 is 15.2 Å². The average Bonchev–Trinajstić information content (AvgIpc) is 2.97. The van der Waals surface area contributed by atoms with Gasteiger partial charge < -0.3 is 24.7 Å². The van der Waals surface area contributed by atoms with Crippen LogP contribution in [0.25, 0.3) is 0 Å². The summed E-state index contributed by atoms with van der Waals surface area (Å²) in [5.74, 6) is -2.36. The Morgan fingerprint density at radius 2 is 1.78 bits per heavy atom. The van der Waals surface area contributed by atoms with Crippen LogP contribution in [0.3, 0.4) is 0 Å². The zero-order chi connectivity index (χ0) is 29.8. The van der Waals surface area contributed by atoms with E-state index in [1.54, 1.807) is 12.1 Å². The van der Waals surface area contributed by atoms with E-state index < -0.39 is 46.3 Å². The normalized spacial score (nSPS) is 17.7. The number of anilines is 1. The van der Waals surface area contributed by atoms with Crippen LogP contribution in [0.1, 0.15) is 81.0 Å². The van der Waals surface area contributed by atoms with E-state index in [1.807, 2.05) is 6.92 Å². The Morgan fingerprint density at radius 1 is 1.10 bits per heavy atom. The van der Waals surface area contributed by atoms with Gasteiger partial charge >= 0.3 is 11.9 Å². The highest BCUT2D eigenvalue weighted by Gasteiger charge is 2.28. The first-order valence-electron chi connectivity index (χ1n) is 13.9. The number of alkyl halides is 1. The van der Waals surface area contributed by atoms with Gasteiger partial charge in [0.25, 0.3) is 5.69 Å². The summed E-state index contributed by atoms with van der Waals surface area (Å²) >= 11 is 0. The summed E-state index contributed by atoms with van der Waals surface area (Å²) < 4.78 is 36.0. The van der Waals surface area contributed by atoms with E-state index in [0.717, 1.165) is 24.1 Å². The van der Waals surface area contributed by atoms with Gasteiger partial charge in [-0.15, -0.1) is 0 Å². The van der Waals surface area contributed by atoms with Crippen molar-refractivity contribution in [2.24, 2.45) is 5.92 Å². The van der Waals surface area contributed by atoms with Crippen molar-refractivity contribution in [2.45, 2.75) is 71.3 Å². The Kier molecular flexibility index (Phi) is 12.2. The maximum Gasteiger partial charge on any atom is 0.350 e. The summed E-state index contributed by atoms with van der Waals surface area (Å²) in [6, 6.07) is 8.16. The third-order valence-corrected chi connectivity index (χ3v) is 6.49. The SMILES string of the molecule is CCCCCC=C[C@H]1CO[C@H](c2ccc(OC(=O)c3cc(N)c(OC(=O)[C@H](F)CCCC)cc3[N+](=O)[O-])cc2)OC1. The van der Waals surface area contributed by atoms with Gasteiger partial charge in [-0.3, -0.25) is 10.1 Å². The number of rotatable bonds is 14. The lowest BCUT2D eigenvalue weighted by Crippen LogP contribution is -2.25. The fraction of sp³-hybridized carbons (Fsp3) is 0.467. The van der Waals surface area contributed by atoms with E-state index in [9.17, 15) is 24.1 Å². The molecule has 1 aliphatic heterocycles. The molecule has 2 aromatic rings. The quantitative estimate of drug-likeness (QED) is 0.0502. The number of carbonyl (C=O) groups is 2. The molecule has 41 heavy (non-hydrogen) atoms. The van der Waals surface area contributed by atoms with Crippen molar-refractivity contribution in [3.63, 3.8) is 0 Å². The van der Waals surface area contributed by atoms with Crippen LogP contribution in [-0.2, 0) is 14.3 Å². The molecule has 3 rings (SSSR count). The molecule has 1 saturated heterocycles. The number of hydrogen-bond acceptors (Lipinski definition) is 9. The number of unbranched alkanes of at least 4 members (excludes halogenated alkanes) is 4. The molecule has 0 amide bonds. The first-order valence-corrected chi connectivity index (χ1v) is 13.9. The Morgan fingerprint density at radius 3 is 2.41 bits per heavy atom. The maximum absolute atomic E-state index is 14.0. The molecule has 0 unspecified atom stereocenters. The van der Waals surface area contributed by atoms with Crippen molar-refractivity contribution in [3.05, 3.63) is 69.8 Å². The second-order valence-corrected chi connectivity index (χ2v) is 9.84. The molecule has 11 heteroatoms. The summed E-state index contributed by atoms with van der Waals surface area (Å²) in [5.41, 5.74) is 5.18. The first-order chi connectivity index (χ1) is 19.7. The van der Waals surface area contributed by atoms with Gasteiger partial charge in [0.15, 0.2) is 18.2 Å². The Hall–Kier alpha value is -3.83. The summed E-state index contributed by atoms with van der Waals surface area (Å²) in [4.78, 5) is 35.6. The monoisotopic (exact) mass is 572 g/mol. The summed E-state index contributed by atoms with van der Waals surface area (Å²) in [5, 5.41) is 11.7. The van der Waals surface area contributed by atoms with E-state index in [-0.39, 0.29) is 23.8 Å². The molecule has 0 aromatic heterocycles. The van der Waals surface area contributed by atoms with Crippen molar-refractivity contribution in [3.8, 4) is 11.5 Å². The number of nitro benzene ring substituents is 1. The molecule has 1 atom stereocenters. The molecule has 10 nitrogen and oxygen atoms in total. The summed E-state index contributed by atoms with van der Waals surface area (Å²) in [7, 11) is 0. The lowest BCUT2D eigenvalue weighted by molar-refractivity contribution is -0.385. The van der Waals surface area contributed by atoms with Crippen LogP contribution in [0.15, 0.2) is 48.6 Å². The van der Waals surface area contributed by atoms with Crippen LogP contribution in [-0.4, -0.2) is 36.2 Å². The average molecular weight is 573 g/mol. The number of allylic oxidation sites excluding steroid dienone is 1. The van der Waals surface area contributed by atoms with Crippen molar-refractivity contribution < 1.29 is 37.9 Å². The number of hydrogen-bond donors (Lipinski definition) is 1. The van der Waals surface area contributed by atoms with Gasteiger partial charge in [-0.1, -0.05) is 63.8 Å². The van der Waals surface area contributed by atoms with E-state index in [1.165, 1.54) is 31.4 Å².